The smallest absolute Gasteiger partial charge is 0.255 e. The van der Waals surface area contributed by atoms with Crippen LogP contribution >= 0.6 is 11.6 Å². The molecule has 0 aliphatic carbocycles. The van der Waals surface area contributed by atoms with Gasteiger partial charge in [-0.15, -0.1) is 0 Å². The number of hydrogen-bond donors (Lipinski definition) is 0. The van der Waals surface area contributed by atoms with Crippen molar-refractivity contribution >= 4 is 23.4 Å². The van der Waals surface area contributed by atoms with E-state index in [1.54, 1.807) is 52.1 Å². The molecule has 1 aliphatic heterocycles. The Labute approximate surface area is 144 Å². The molecular weight excluding hydrogens is 328 g/mol. The van der Waals surface area contributed by atoms with Crippen molar-refractivity contribution in [1.29, 1.82) is 0 Å². The lowest BCUT2D eigenvalue weighted by Gasteiger charge is -2.43. The Morgan fingerprint density at radius 3 is 2.75 bits per heavy atom. The van der Waals surface area contributed by atoms with E-state index in [2.05, 4.69) is 11.7 Å². The molecule has 0 radical (unpaired) electrons. The number of aromatic nitrogens is 2. The zero-order valence-electron chi connectivity index (χ0n) is 13.2. The first-order valence-corrected chi connectivity index (χ1v) is 7.87. The molecule has 2 aromatic rings. The second-order valence-electron chi connectivity index (χ2n) is 5.63. The lowest BCUT2D eigenvalue weighted by atomic mass is 10.0. The summed E-state index contributed by atoms with van der Waals surface area (Å²) in [6.45, 7) is 4.45. The minimum atomic E-state index is -0.145. The Kier molecular flexibility index (Phi) is 4.40. The maximum Gasteiger partial charge on any atom is 0.255 e. The highest BCUT2D eigenvalue weighted by Gasteiger charge is 2.35. The first-order valence-electron chi connectivity index (χ1n) is 7.49. The lowest BCUT2D eigenvalue weighted by Crippen LogP contribution is -2.61. The fourth-order valence-electron chi connectivity index (χ4n) is 2.60. The summed E-state index contributed by atoms with van der Waals surface area (Å²) >= 11 is 6.27. The SMILES string of the molecule is C=CC(=O)N(C)C1CN(C(=O)c2ccc(-n3cccn3)cc2Cl)C1. The van der Waals surface area contributed by atoms with Gasteiger partial charge in [0, 0.05) is 32.5 Å². The molecular formula is C17H17ClN4O2. The van der Waals surface area contributed by atoms with E-state index in [0.717, 1.165) is 5.69 Å². The largest absolute Gasteiger partial charge is 0.336 e. The molecule has 1 aromatic heterocycles. The summed E-state index contributed by atoms with van der Waals surface area (Å²) in [6, 6.07) is 7.05. The normalized spacial score (nSPS) is 14.2. The van der Waals surface area contributed by atoms with Crippen molar-refractivity contribution in [2.24, 2.45) is 0 Å². The minimum absolute atomic E-state index is 0.0153. The van der Waals surface area contributed by atoms with Crippen LogP contribution in [0.2, 0.25) is 5.02 Å². The predicted molar refractivity (Wildman–Crippen MR) is 91.2 cm³/mol. The van der Waals surface area contributed by atoms with Crippen LogP contribution in [-0.4, -0.2) is 57.6 Å². The van der Waals surface area contributed by atoms with Gasteiger partial charge < -0.3 is 9.80 Å². The molecule has 3 rings (SSSR count). The van der Waals surface area contributed by atoms with Crippen LogP contribution in [0.25, 0.3) is 5.69 Å². The van der Waals surface area contributed by atoms with Crippen LogP contribution in [0.3, 0.4) is 0 Å². The summed E-state index contributed by atoms with van der Waals surface area (Å²) in [7, 11) is 1.71. The monoisotopic (exact) mass is 344 g/mol. The standard InChI is InChI=1S/C17H17ClN4O2/c1-3-16(23)20(2)13-10-21(11-13)17(24)14-6-5-12(9-15(14)18)22-8-4-7-19-22/h3-9,13H,1,10-11H2,2H3. The van der Waals surface area contributed by atoms with Gasteiger partial charge in [-0.3, -0.25) is 9.59 Å². The maximum absolute atomic E-state index is 12.5. The lowest BCUT2D eigenvalue weighted by molar-refractivity contribution is -0.129. The first kappa shape index (κ1) is 16.3. The van der Waals surface area contributed by atoms with Crippen LogP contribution in [0.5, 0.6) is 0 Å². The Morgan fingerprint density at radius 2 is 2.17 bits per heavy atom. The maximum atomic E-state index is 12.5. The molecule has 1 fully saturated rings. The van der Waals surface area contributed by atoms with Crippen LogP contribution < -0.4 is 0 Å². The number of benzene rings is 1. The number of halogens is 1. The Balaban J connectivity index is 1.69. The van der Waals surface area contributed by atoms with Gasteiger partial charge >= 0.3 is 0 Å². The van der Waals surface area contributed by atoms with Crippen LogP contribution in [0.4, 0.5) is 0 Å². The van der Waals surface area contributed by atoms with Gasteiger partial charge in [0.2, 0.25) is 5.91 Å². The third-order valence-corrected chi connectivity index (χ3v) is 4.48. The van der Waals surface area contributed by atoms with E-state index in [1.807, 2.05) is 6.07 Å². The highest BCUT2D eigenvalue weighted by atomic mass is 35.5. The zero-order valence-corrected chi connectivity index (χ0v) is 14.0. The van der Waals surface area contributed by atoms with Crippen molar-refractivity contribution < 1.29 is 9.59 Å². The number of rotatable bonds is 4. The second kappa shape index (κ2) is 6.49. The number of hydrogen-bond acceptors (Lipinski definition) is 3. The van der Waals surface area contributed by atoms with Crippen LogP contribution in [0.15, 0.2) is 49.3 Å². The molecule has 0 N–H and O–H groups in total. The molecule has 1 aliphatic rings. The molecule has 2 amide bonds. The van der Waals surface area contributed by atoms with Crippen molar-refractivity contribution in [3.8, 4) is 5.69 Å². The molecule has 1 saturated heterocycles. The summed E-state index contributed by atoms with van der Waals surface area (Å²) in [5.41, 5.74) is 1.24. The minimum Gasteiger partial charge on any atom is -0.336 e. The number of nitrogens with zero attached hydrogens (tertiary/aromatic N) is 4. The Morgan fingerprint density at radius 1 is 1.42 bits per heavy atom. The van der Waals surface area contributed by atoms with Crippen LogP contribution in [0, 0.1) is 0 Å². The number of carbonyl (C=O) groups excluding carboxylic acids is 2. The van der Waals surface area contributed by atoms with Crippen molar-refractivity contribution in [3.05, 3.63) is 59.9 Å². The van der Waals surface area contributed by atoms with E-state index in [9.17, 15) is 9.59 Å². The molecule has 0 bridgehead atoms. The molecule has 0 spiro atoms. The molecule has 124 valence electrons. The van der Waals surface area contributed by atoms with Gasteiger partial charge in [0.1, 0.15) is 0 Å². The van der Waals surface area contributed by atoms with Gasteiger partial charge in [-0.25, -0.2) is 4.68 Å². The molecule has 7 heteroatoms. The molecule has 0 saturated carbocycles. The summed E-state index contributed by atoms with van der Waals surface area (Å²) in [5, 5.41) is 4.52. The van der Waals surface area contributed by atoms with Crippen molar-refractivity contribution in [2.45, 2.75) is 6.04 Å². The van der Waals surface area contributed by atoms with Crippen LogP contribution in [-0.2, 0) is 4.79 Å². The van der Waals surface area contributed by atoms with E-state index >= 15 is 0 Å². The summed E-state index contributed by atoms with van der Waals surface area (Å²) in [5.74, 6) is -0.281. The van der Waals surface area contributed by atoms with Gasteiger partial charge in [-0.1, -0.05) is 18.2 Å². The Hall–Kier alpha value is -2.60. The van der Waals surface area contributed by atoms with E-state index in [0.29, 0.717) is 23.7 Å². The van der Waals surface area contributed by atoms with E-state index in [4.69, 9.17) is 11.6 Å². The number of likely N-dealkylation sites (tertiary alicyclic amines) is 1. The third kappa shape index (κ3) is 2.92. The second-order valence-corrected chi connectivity index (χ2v) is 6.04. The molecule has 2 heterocycles. The number of likely N-dealkylation sites (N-methyl/N-ethyl adjacent to an activating group) is 1. The number of amides is 2. The van der Waals surface area contributed by atoms with E-state index in [-0.39, 0.29) is 17.9 Å². The summed E-state index contributed by atoms with van der Waals surface area (Å²) in [4.78, 5) is 27.4. The highest BCUT2D eigenvalue weighted by Crippen LogP contribution is 2.24. The molecule has 0 unspecified atom stereocenters. The number of carbonyl (C=O) groups is 2. The predicted octanol–water partition coefficient (Wildman–Crippen LogP) is 1.99. The van der Waals surface area contributed by atoms with E-state index in [1.165, 1.54) is 6.08 Å². The highest BCUT2D eigenvalue weighted by molar-refractivity contribution is 6.34. The van der Waals surface area contributed by atoms with Crippen LogP contribution in [0.1, 0.15) is 10.4 Å². The van der Waals surface area contributed by atoms with Gasteiger partial charge in [0.05, 0.1) is 22.3 Å². The van der Waals surface area contributed by atoms with Crippen molar-refractivity contribution in [3.63, 3.8) is 0 Å². The van der Waals surface area contributed by atoms with E-state index < -0.39 is 0 Å². The fourth-order valence-corrected chi connectivity index (χ4v) is 2.86. The zero-order chi connectivity index (χ0) is 17.3. The molecule has 6 nitrogen and oxygen atoms in total. The van der Waals surface area contributed by atoms with Gasteiger partial charge in [0.25, 0.3) is 5.91 Å². The Bertz CT molecular complexity index is 782. The van der Waals surface area contributed by atoms with Gasteiger partial charge in [0.15, 0.2) is 0 Å². The molecule has 24 heavy (non-hydrogen) atoms. The quantitative estimate of drug-likeness (QED) is 0.797. The average molecular weight is 345 g/mol. The topological polar surface area (TPSA) is 58.4 Å². The fraction of sp³-hybridized carbons (Fsp3) is 0.235. The third-order valence-electron chi connectivity index (χ3n) is 4.17. The summed E-state index contributed by atoms with van der Waals surface area (Å²) in [6.07, 6.45) is 4.75. The van der Waals surface area contributed by atoms with Gasteiger partial charge in [-0.05, 0) is 30.3 Å². The van der Waals surface area contributed by atoms with Gasteiger partial charge in [-0.2, -0.15) is 5.10 Å². The molecule has 1 aromatic carbocycles. The van der Waals surface area contributed by atoms with Crippen molar-refractivity contribution in [2.75, 3.05) is 20.1 Å². The average Bonchev–Trinajstić information content (AvgIpc) is 3.06. The first-order chi connectivity index (χ1) is 11.5. The summed E-state index contributed by atoms with van der Waals surface area (Å²) < 4.78 is 1.68. The van der Waals surface area contributed by atoms with Crippen molar-refractivity contribution in [1.82, 2.24) is 19.6 Å². The molecule has 0 atom stereocenters.